The Bertz CT molecular complexity index is 505. The van der Waals surface area contributed by atoms with Gasteiger partial charge < -0.3 is 10.1 Å². The summed E-state index contributed by atoms with van der Waals surface area (Å²) in [5, 5.41) is 3.12. The first-order chi connectivity index (χ1) is 9.31. The van der Waals surface area contributed by atoms with Gasteiger partial charge in [-0.15, -0.1) is 0 Å². The third kappa shape index (κ3) is 5.13. The highest BCUT2D eigenvalue weighted by Crippen LogP contribution is 2.23. The zero-order valence-electron chi connectivity index (χ0n) is 12.1. The van der Waals surface area contributed by atoms with Crippen molar-refractivity contribution in [2.45, 2.75) is 32.1 Å². The summed E-state index contributed by atoms with van der Waals surface area (Å²) in [6.45, 7) is 5.94. The highest BCUT2D eigenvalue weighted by atomic mass is 35.5. The molecule has 0 fully saturated rings. The van der Waals surface area contributed by atoms with E-state index in [1.54, 1.807) is 24.5 Å². The first-order valence-electron chi connectivity index (χ1n) is 6.38. The monoisotopic (exact) mass is 317 g/mol. The maximum absolute atomic E-state index is 12.2. The Morgan fingerprint density at radius 3 is 2.60 bits per heavy atom. The van der Waals surface area contributed by atoms with Crippen LogP contribution in [0.3, 0.4) is 0 Å². The lowest BCUT2D eigenvalue weighted by Gasteiger charge is -2.15. The summed E-state index contributed by atoms with van der Waals surface area (Å²) in [4.78, 5) is 12.2. The lowest BCUT2D eigenvalue weighted by molar-refractivity contribution is 0.0948. The van der Waals surface area contributed by atoms with E-state index < -0.39 is 10.8 Å². The molecule has 0 radical (unpaired) electrons. The molecule has 20 heavy (non-hydrogen) atoms. The van der Waals surface area contributed by atoms with Crippen molar-refractivity contribution in [2.75, 3.05) is 12.8 Å². The summed E-state index contributed by atoms with van der Waals surface area (Å²) in [6, 6.07) is 4.93. The lowest BCUT2D eigenvalue weighted by Crippen LogP contribution is -2.33. The van der Waals surface area contributed by atoms with E-state index in [-0.39, 0.29) is 17.3 Å². The lowest BCUT2D eigenvalue weighted by atomic mass is 10.2. The first-order valence-corrected chi connectivity index (χ1v) is 8.37. The van der Waals surface area contributed by atoms with Crippen molar-refractivity contribution in [3.05, 3.63) is 28.8 Å². The third-order valence-corrected chi connectivity index (χ3v) is 4.20. The van der Waals surface area contributed by atoms with Gasteiger partial charge in [-0.05, 0) is 39.0 Å². The number of hydrogen-bond acceptors (Lipinski definition) is 3. The molecule has 1 rings (SSSR count). The second kappa shape index (κ2) is 7.64. The Labute approximate surface area is 127 Å². The van der Waals surface area contributed by atoms with Crippen molar-refractivity contribution >= 4 is 28.3 Å². The van der Waals surface area contributed by atoms with E-state index >= 15 is 0 Å². The average Bonchev–Trinajstić information content (AvgIpc) is 2.36. The molecule has 0 aliphatic carbocycles. The number of carbonyl (C=O) groups excluding carboxylic acids is 1. The molecule has 0 saturated carbocycles. The molecule has 6 heteroatoms. The van der Waals surface area contributed by atoms with E-state index in [0.717, 1.165) is 0 Å². The number of carbonyl (C=O) groups is 1. The van der Waals surface area contributed by atoms with Crippen LogP contribution in [0.1, 0.15) is 31.1 Å². The van der Waals surface area contributed by atoms with Gasteiger partial charge in [0, 0.05) is 33.9 Å². The Hall–Kier alpha value is -1.07. The fourth-order valence-corrected chi connectivity index (χ4v) is 1.98. The van der Waals surface area contributed by atoms with Crippen LogP contribution in [0.25, 0.3) is 0 Å². The highest BCUT2D eigenvalue weighted by Gasteiger charge is 2.16. The number of nitrogens with one attached hydrogen (secondary N) is 1. The Balaban J connectivity index is 2.85. The summed E-state index contributed by atoms with van der Waals surface area (Å²) in [6.07, 6.45) is 1.58. The van der Waals surface area contributed by atoms with Crippen LogP contribution >= 0.6 is 11.6 Å². The van der Waals surface area contributed by atoms with Crippen molar-refractivity contribution in [3.8, 4) is 5.75 Å². The van der Waals surface area contributed by atoms with E-state index in [4.69, 9.17) is 16.3 Å². The highest BCUT2D eigenvalue weighted by molar-refractivity contribution is 7.84. The van der Waals surface area contributed by atoms with Crippen molar-refractivity contribution < 1.29 is 13.7 Å². The Morgan fingerprint density at radius 1 is 1.40 bits per heavy atom. The van der Waals surface area contributed by atoms with Crippen LogP contribution < -0.4 is 10.1 Å². The predicted molar refractivity (Wildman–Crippen MR) is 83.1 cm³/mol. The maximum atomic E-state index is 12.2. The molecule has 0 heterocycles. The predicted octanol–water partition coefficient (Wildman–Crippen LogP) is 2.62. The molecule has 1 amide bonds. The van der Waals surface area contributed by atoms with E-state index in [1.807, 2.05) is 20.8 Å². The van der Waals surface area contributed by atoms with Gasteiger partial charge in [-0.3, -0.25) is 9.00 Å². The first kappa shape index (κ1) is 17.0. The number of rotatable bonds is 6. The van der Waals surface area contributed by atoms with Crippen LogP contribution in [0, 0.1) is 0 Å². The van der Waals surface area contributed by atoms with Crippen LogP contribution in [-0.2, 0) is 10.8 Å². The van der Waals surface area contributed by atoms with Gasteiger partial charge in [0.15, 0.2) is 0 Å². The molecule has 0 unspecified atom stereocenters. The largest absolute Gasteiger partial charge is 0.490 e. The van der Waals surface area contributed by atoms with Crippen LogP contribution in [0.15, 0.2) is 18.2 Å². The van der Waals surface area contributed by atoms with Crippen LogP contribution in [0.2, 0.25) is 5.02 Å². The van der Waals surface area contributed by atoms with E-state index in [0.29, 0.717) is 22.9 Å². The SMILES string of the molecule is CC(C)Oc1ccc(Cl)cc1C(=O)NC[C@H](C)[S@@](C)=O. The molecule has 0 aliphatic heterocycles. The van der Waals surface area contributed by atoms with Gasteiger partial charge in [0.2, 0.25) is 0 Å². The topological polar surface area (TPSA) is 55.4 Å². The molecule has 0 bridgehead atoms. The minimum absolute atomic E-state index is 0.0372. The molecule has 1 N–H and O–H groups in total. The maximum Gasteiger partial charge on any atom is 0.255 e. The smallest absolute Gasteiger partial charge is 0.255 e. The van der Waals surface area contributed by atoms with Crippen molar-refractivity contribution in [1.29, 1.82) is 0 Å². The van der Waals surface area contributed by atoms with Gasteiger partial charge in [-0.25, -0.2) is 0 Å². The molecule has 1 aromatic rings. The van der Waals surface area contributed by atoms with Crippen molar-refractivity contribution in [3.63, 3.8) is 0 Å². The summed E-state index contributed by atoms with van der Waals surface area (Å²) in [5.41, 5.74) is 0.389. The van der Waals surface area contributed by atoms with E-state index in [9.17, 15) is 9.00 Å². The van der Waals surface area contributed by atoms with Crippen molar-refractivity contribution in [1.82, 2.24) is 5.32 Å². The average molecular weight is 318 g/mol. The molecule has 0 spiro atoms. The molecule has 0 aliphatic rings. The minimum Gasteiger partial charge on any atom is -0.490 e. The zero-order chi connectivity index (χ0) is 15.3. The number of ether oxygens (including phenoxy) is 1. The van der Waals surface area contributed by atoms with Crippen LogP contribution in [-0.4, -0.2) is 34.3 Å². The molecule has 112 valence electrons. The quantitative estimate of drug-likeness (QED) is 0.877. The van der Waals surface area contributed by atoms with Gasteiger partial charge in [0.1, 0.15) is 5.75 Å². The molecule has 0 saturated heterocycles. The standard InChI is InChI=1S/C14H20ClNO3S/c1-9(2)19-13-6-5-11(15)7-12(13)14(17)16-8-10(3)20(4)18/h5-7,9-10H,8H2,1-4H3,(H,16,17)/t10-,20+/m0/s1. The Morgan fingerprint density at radius 2 is 2.05 bits per heavy atom. The van der Waals surface area contributed by atoms with Gasteiger partial charge >= 0.3 is 0 Å². The second-order valence-electron chi connectivity index (χ2n) is 4.83. The number of benzene rings is 1. The zero-order valence-corrected chi connectivity index (χ0v) is 13.7. The number of hydrogen-bond donors (Lipinski definition) is 1. The van der Waals surface area contributed by atoms with Crippen LogP contribution in [0.4, 0.5) is 0 Å². The molecule has 1 aromatic carbocycles. The summed E-state index contributed by atoms with van der Waals surface area (Å²) in [7, 11) is -0.974. The normalized spacial score (nSPS) is 13.9. The van der Waals surface area contributed by atoms with Crippen LogP contribution in [0.5, 0.6) is 5.75 Å². The molecule has 0 aromatic heterocycles. The second-order valence-corrected chi connectivity index (χ2v) is 7.06. The van der Waals surface area contributed by atoms with Crippen molar-refractivity contribution in [2.24, 2.45) is 0 Å². The summed E-state index contributed by atoms with van der Waals surface area (Å²) in [5.74, 6) is 0.215. The number of amides is 1. The minimum atomic E-state index is -0.974. The summed E-state index contributed by atoms with van der Waals surface area (Å²) < 4.78 is 16.9. The number of halogens is 1. The molecular weight excluding hydrogens is 298 g/mol. The molecule has 2 atom stereocenters. The molecule has 4 nitrogen and oxygen atoms in total. The van der Waals surface area contributed by atoms with E-state index in [2.05, 4.69) is 5.32 Å². The third-order valence-electron chi connectivity index (χ3n) is 2.67. The van der Waals surface area contributed by atoms with Gasteiger partial charge in [0.05, 0.1) is 11.7 Å². The molecular formula is C14H20ClNO3S. The van der Waals surface area contributed by atoms with Gasteiger partial charge in [-0.2, -0.15) is 0 Å². The fraction of sp³-hybridized carbons (Fsp3) is 0.500. The van der Waals surface area contributed by atoms with E-state index in [1.165, 1.54) is 0 Å². The Kier molecular flexibility index (Phi) is 6.49. The van der Waals surface area contributed by atoms with Gasteiger partial charge in [0.25, 0.3) is 5.91 Å². The fourth-order valence-electron chi connectivity index (χ4n) is 1.49. The summed E-state index contributed by atoms with van der Waals surface area (Å²) >= 11 is 5.93. The van der Waals surface area contributed by atoms with Gasteiger partial charge in [-0.1, -0.05) is 11.6 Å².